The molecular formula is C20H22ClN3O2. The van der Waals surface area contributed by atoms with Crippen LogP contribution >= 0.6 is 11.6 Å². The molecule has 2 heterocycles. The molecule has 0 amide bonds. The van der Waals surface area contributed by atoms with Crippen LogP contribution < -0.4 is 15.4 Å². The SMILES string of the molecule is COc1cccc2c1NC1(CCOCC1)C(NCc1cccc(Cl)c1)=N2. The summed E-state index contributed by atoms with van der Waals surface area (Å²) in [7, 11) is 1.69. The third-order valence-corrected chi connectivity index (χ3v) is 5.20. The molecule has 0 atom stereocenters. The fraction of sp³-hybridized carbons (Fsp3) is 0.350. The molecule has 0 radical (unpaired) electrons. The van der Waals surface area contributed by atoms with Gasteiger partial charge in [0.1, 0.15) is 17.3 Å². The van der Waals surface area contributed by atoms with E-state index in [0.717, 1.165) is 46.4 Å². The van der Waals surface area contributed by atoms with Crippen molar-refractivity contribution >= 4 is 28.8 Å². The van der Waals surface area contributed by atoms with Crippen molar-refractivity contribution in [3.8, 4) is 5.75 Å². The maximum atomic E-state index is 6.11. The van der Waals surface area contributed by atoms with Gasteiger partial charge < -0.3 is 20.1 Å². The summed E-state index contributed by atoms with van der Waals surface area (Å²) < 4.78 is 11.1. The largest absolute Gasteiger partial charge is 0.495 e. The lowest BCUT2D eigenvalue weighted by atomic mass is 9.86. The smallest absolute Gasteiger partial charge is 0.144 e. The van der Waals surface area contributed by atoms with Gasteiger partial charge in [-0.1, -0.05) is 29.8 Å². The minimum absolute atomic E-state index is 0.265. The predicted molar refractivity (Wildman–Crippen MR) is 105 cm³/mol. The maximum absolute atomic E-state index is 6.11. The van der Waals surface area contributed by atoms with E-state index in [1.54, 1.807) is 7.11 Å². The number of hydrogen-bond acceptors (Lipinski definition) is 5. The molecule has 0 saturated carbocycles. The Balaban J connectivity index is 1.67. The fourth-order valence-electron chi connectivity index (χ4n) is 3.56. The van der Waals surface area contributed by atoms with Crippen molar-refractivity contribution in [2.24, 2.45) is 4.99 Å². The number of para-hydroxylation sites is 1. The third-order valence-electron chi connectivity index (χ3n) is 4.97. The highest BCUT2D eigenvalue weighted by Gasteiger charge is 2.41. The van der Waals surface area contributed by atoms with E-state index >= 15 is 0 Å². The van der Waals surface area contributed by atoms with E-state index in [9.17, 15) is 0 Å². The molecule has 136 valence electrons. The second-order valence-electron chi connectivity index (χ2n) is 6.62. The zero-order valence-corrected chi connectivity index (χ0v) is 15.5. The molecule has 1 fully saturated rings. The van der Waals surface area contributed by atoms with Crippen molar-refractivity contribution in [1.29, 1.82) is 0 Å². The van der Waals surface area contributed by atoms with Crippen LogP contribution in [0.15, 0.2) is 47.5 Å². The van der Waals surface area contributed by atoms with Crippen molar-refractivity contribution in [1.82, 2.24) is 5.32 Å². The molecule has 1 spiro atoms. The highest BCUT2D eigenvalue weighted by molar-refractivity contribution is 6.30. The average molecular weight is 372 g/mol. The Kier molecular flexibility index (Phi) is 4.74. The van der Waals surface area contributed by atoms with E-state index in [2.05, 4.69) is 16.7 Å². The molecule has 2 aliphatic rings. The highest BCUT2D eigenvalue weighted by Crippen LogP contribution is 2.42. The van der Waals surface area contributed by atoms with Gasteiger partial charge in [-0.05, 0) is 29.8 Å². The summed E-state index contributed by atoms with van der Waals surface area (Å²) in [5.41, 5.74) is 2.69. The topological polar surface area (TPSA) is 54.9 Å². The second-order valence-corrected chi connectivity index (χ2v) is 7.05. The van der Waals surface area contributed by atoms with E-state index in [1.165, 1.54) is 0 Å². The van der Waals surface area contributed by atoms with E-state index in [1.807, 2.05) is 36.4 Å². The van der Waals surface area contributed by atoms with Gasteiger partial charge in [-0.15, -0.1) is 0 Å². The number of nitrogens with one attached hydrogen (secondary N) is 2. The monoisotopic (exact) mass is 371 g/mol. The Morgan fingerprint density at radius 3 is 2.81 bits per heavy atom. The number of halogens is 1. The highest BCUT2D eigenvalue weighted by atomic mass is 35.5. The van der Waals surface area contributed by atoms with Crippen molar-refractivity contribution in [3.05, 3.63) is 53.1 Å². The Labute approximate surface area is 158 Å². The van der Waals surface area contributed by atoms with E-state index < -0.39 is 0 Å². The van der Waals surface area contributed by atoms with E-state index in [0.29, 0.717) is 19.8 Å². The summed E-state index contributed by atoms with van der Waals surface area (Å²) in [4.78, 5) is 4.94. The van der Waals surface area contributed by atoms with Crippen molar-refractivity contribution in [3.63, 3.8) is 0 Å². The molecule has 2 aromatic carbocycles. The van der Waals surface area contributed by atoms with Crippen LogP contribution in [0.3, 0.4) is 0 Å². The molecule has 2 aliphatic heterocycles. The molecule has 0 unspecified atom stereocenters. The summed E-state index contributed by atoms with van der Waals surface area (Å²) in [6, 6.07) is 13.8. The van der Waals surface area contributed by atoms with Gasteiger partial charge in [0.2, 0.25) is 0 Å². The summed E-state index contributed by atoms with van der Waals surface area (Å²) in [5.74, 6) is 1.76. The average Bonchev–Trinajstić information content (AvgIpc) is 2.67. The van der Waals surface area contributed by atoms with Gasteiger partial charge in [0, 0.05) is 37.6 Å². The Hall–Kier alpha value is -2.24. The number of ether oxygens (including phenoxy) is 2. The Morgan fingerprint density at radius 1 is 1.23 bits per heavy atom. The lowest BCUT2D eigenvalue weighted by Crippen LogP contribution is -2.56. The zero-order chi connectivity index (χ0) is 18.0. The number of fused-ring (bicyclic) bond motifs is 1. The standard InChI is InChI=1S/C20H22ClN3O2/c1-25-17-7-3-6-16-18(17)24-20(8-10-26-11-9-20)19(23-16)22-13-14-4-2-5-15(21)12-14/h2-7,12,24H,8-11,13H2,1H3,(H,22,23). The number of benzene rings is 2. The summed E-state index contributed by atoms with van der Waals surface area (Å²) in [6.07, 6.45) is 1.71. The molecule has 2 aromatic rings. The maximum Gasteiger partial charge on any atom is 0.144 e. The van der Waals surface area contributed by atoms with Gasteiger partial charge >= 0.3 is 0 Å². The van der Waals surface area contributed by atoms with Gasteiger partial charge in [-0.25, -0.2) is 4.99 Å². The van der Waals surface area contributed by atoms with Gasteiger partial charge in [-0.3, -0.25) is 0 Å². The summed E-state index contributed by atoms with van der Waals surface area (Å²) in [5, 5.41) is 7.98. The second kappa shape index (κ2) is 7.17. The van der Waals surface area contributed by atoms with Crippen LogP contribution in [0, 0.1) is 0 Å². The van der Waals surface area contributed by atoms with Gasteiger partial charge in [0.15, 0.2) is 0 Å². The van der Waals surface area contributed by atoms with Crippen LogP contribution in [0.1, 0.15) is 18.4 Å². The summed E-state index contributed by atoms with van der Waals surface area (Å²) in [6.45, 7) is 2.08. The predicted octanol–water partition coefficient (Wildman–Crippen LogP) is 4.14. The van der Waals surface area contributed by atoms with Gasteiger partial charge in [-0.2, -0.15) is 0 Å². The van der Waals surface area contributed by atoms with E-state index in [-0.39, 0.29) is 5.54 Å². The van der Waals surface area contributed by atoms with E-state index in [4.69, 9.17) is 26.1 Å². The van der Waals surface area contributed by atoms with Crippen LogP contribution in [-0.2, 0) is 11.3 Å². The van der Waals surface area contributed by atoms with Gasteiger partial charge in [0.25, 0.3) is 0 Å². The molecule has 0 aliphatic carbocycles. The molecule has 6 heteroatoms. The lowest BCUT2D eigenvalue weighted by molar-refractivity contribution is 0.0770. The van der Waals surface area contributed by atoms with Crippen molar-refractivity contribution < 1.29 is 9.47 Å². The van der Waals surface area contributed by atoms with Crippen LogP contribution in [-0.4, -0.2) is 31.7 Å². The minimum atomic E-state index is -0.265. The zero-order valence-electron chi connectivity index (χ0n) is 14.7. The molecule has 0 bridgehead atoms. The number of amidine groups is 1. The van der Waals surface area contributed by atoms with Crippen LogP contribution in [0.4, 0.5) is 11.4 Å². The lowest BCUT2D eigenvalue weighted by Gasteiger charge is -2.42. The first kappa shape index (κ1) is 17.2. The number of rotatable bonds is 3. The fourth-order valence-corrected chi connectivity index (χ4v) is 3.77. The number of aliphatic imine (C=N–C) groups is 1. The first-order valence-corrected chi connectivity index (χ1v) is 9.18. The third kappa shape index (κ3) is 3.24. The molecule has 0 aromatic heterocycles. The van der Waals surface area contributed by atoms with Crippen molar-refractivity contribution in [2.75, 3.05) is 25.6 Å². The summed E-state index contributed by atoms with van der Waals surface area (Å²) >= 11 is 6.11. The van der Waals surface area contributed by atoms with Gasteiger partial charge in [0.05, 0.1) is 18.3 Å². The van der Waals surface area contributed by atoms with Crippen LogP contribution in [0.2, 0.25) is 5.02 Å². The molecule has 5 nitrogen and oxygen atoms in total. The number of methoxy groups -OCH3 is 1. The van der Waals surface area contributed by atoms with Crippen LogP contribution in [0.5, 0.6) is 5.75 Å². The molecule has 1 saturated heterocycles. The molecule has 26 heavy (non-hydrogen) atoms. The van der Waals surface area contributed by atoms with Crippen LogP contribution in [0.25, 0.3) is 0 Å². The molecule has 2 N–H and O–H groups in total. The van der Waals surface area contributed by atoms with Crippen molar-refractivity contribution in [2.45, 2.75) is 24.9 Å². The number of nitrogens with zero attached hydrogens (tertiary/aromatic N) is 1. The number of hydrogen-bond donors (Lipinski definition) is 2. The number of anilines is 1. The molecule has 4 rings (SSSR count). The quantitative estimate of drug-likeness (QED) is 0.851. The first-order valence-electron chi connectivity index (χ1n) is 8.81. The Morgan fingerprint density at radius 2 is 2.04 bits per heavy atom. The normalized spacial score (nSPS) is 17.8. The minimum Gasteiger partial charge on any atom is -0.495 e. The molecular weight excluding hydrogens is 350 g/mol. The first-order chi connectivity index (χ1) is 12.7. The Bertz CT molecular complexity index is 832.